The zero-order valence-electron chi connectivity index (χ0n) is 27.5. The number of amides is 1. The Bertz CT molecular complexity index is 1810. The first-order chi connectivity index (χ1) is 22.2. The summed E-state index contributed by atoms with van der Waals surface area (Å²) < 4.78 is 1.79. The molecule has 0 saturated carbocycles. The molecule has 2 aromatic carbocycles. The molecule has 9 nitrogen and oxygen atoms in total. The number of piperidine rings is 2. The second kappa shape index (κ2) is 13.4. The van der Waals surface area contributed by atoms with E-state index < -0.39 is 0 Å². The van der Waals surface area contributed by atoms with Crippen LogP contribution in [0.3, 0.4) is 0 Å². The van der Waals surface area contributed by atoms with E-state index in [-0.39, 0.29) is 17.5 Å². The summed E-state index contributed by atoms with van der Waals surface area (Å²) in [6, 6.07) is 14.2. The Kier molecular flexibility index (Phi) is 9.34. The molecule has 2 aliphatic rings. The van der Waals surface area contributed by atoms with Crippen LogP contribution in [0.1, 0.15) is 56.2 Å². The lowest BCUT2D eigenvalue weighted by molar-refractivity contribution is -0.132. The van der Waals surface area contributed by atoms with Gasteiger partial charge in [-0.05, 0) is 89.0 Å². The number of rotatable bonds is 7. The maximum atomic E-state index is 14.5. The standard InChI is InChI=1S/C36H44ClN7O2/c1-6-32(45)43-17-9-10-27(22-43)44-34-29(24(3)33(35(44)46)28-11-7-8-12-30(28)37)21-38-36(40-34)39-25-13-14-31(23(2)20-25)42-18-15-26(16-19-42)41(4)5/h7-8,11-14,20-21,26-27H,6,9-10,15-19,22H2,1-5H3,(H,38,39,40). The summed E-state index contributed by atoms with van der Waals surface area (Å²) in [7, 11) is 4.33. The van der Waals surface area contributed by atoms with Crippen LogP contribution in [0, 0.1) is 13.8 Å². The van der Waals surface area contributed by atoms with Crippen LogP contribution in [-0.4, -0.2) is 76.6 Å². The van der Waals surface area contributed by atoms with E-state index in [9.17, 15) is 9.59 Å². The highest BCUT2D eigenvalue weighted by Crippen LogP contribution is 2.34. The van der Waals surface area contributed by atoms with Gasteiger partial charge < -0.3 is 20.0 Å². The number of likely N-dealkylation sites (tertiary alicyclic amines) is 1. The molecule has 4 heterocycles. The number of anilines is 3. The van der Waals surface area contributed by atoms with E-state index in [1.165, 1.54) is 11.3 Å². The Labute approximate surface area is 276 Å². The highest BCUT2D eigenvalue weighted by molar-refractivity contribution is 6.33. The molecule has 6 rings (SSSR count). The van der Waals surface area contributed by atoms with Gasteiger partial charge in [0.1, 0.15) is 5.65 Å². The Hall–Kier alpha value is -3.95. The lowest BCUT2D eigenvalue weighted by Gasteiger charge is -2.37. The van der Waals surface area contributed by atoms with Gasteiger partial charge in [0, 0.05) is 72.2 Å². The van der Waals surface area contributed by atoms with Crippen molar-refractivity contribution in [3.05, 3.63) is 75.2 Å². The van der Waals surface area contributed by atoms with Gasteiger partial charge in [-0.2, -0.15) is 4.98 Å². The molecule has 10 heteroatoms. The van der Waals surface area contributed by atoms with Crippen LogP contribution in [0.5, 0.6) is 0 Å². The molecule has 2 aliphatic heterocycles. The van der Waals surface area contributed by atoms with Crippen LogP contribution >= 0.6 is 11.6 Å². The summed E-state index contributed by atoms with van der Waals surface area (Å²) in [5.74, 6) is 0.514. The molecular formula is C36H44ClN7O2. The predicted octanol–water partition coefficient (Wildman–Crippen LogP) is 6.58. The minimum atomic E-state index is -0.220. The fourth-order valence-corrected chi connectivity index (χ4v) is 7.40. The van der Waals surface area contributed by atoms with E-state index in [0.717, 1.165) is 55.4 Å². The molecule has 0 radical (unpaired) electrons. The zero-order chi connectivity index (χ0) is 32.5. The number of halogens is 1. The maximum absolute atomic E-state index is 14.5. The van der Waals surface area contributed by atoms with Gasteiger partial charge in [-0.1, -0.05) is 36.7 Å². The highest BCUT2D eigenvalue weighted by atomic mass is 35.5. The third kappa shape index (κ3) is 6.22. The van der Waals surface area contributed by atoms with Crippen molar-refractivity contribution in [1.29, 1.82) is 0 Å². The molecule has 2 aromatic heterocycles. The Balaban J connectivity index is 1.38. The molecule has 1 N–H and O–H groups in total. The number of carbonyl (C=O) groups excluding carboxylic acids is 1. The monoisotopic (exact) mass is 641 g/mol. The van der Waals surface area contributed by atoms with Gasteiger partial charge in [0.2, 0.25) is 11.9 Å². The highest BCUT2D eigenvalue weighted by Gasteiger charge is 2.29. The summed E-state index contributed by atoms with van der Waals surface area (Å²) in [5, 5.41) is 4.70. The quantitative estimate of drug-likeness (QED) is 0.244. The second-order valence-electron chi connectivity index (χ2n) is 12.9. The average molecular weight is 642 g/mol. The van der Waals surface area contributed by atoms with Gasteiger partial charge in [-0.25, -0.2) is 4.98 Å². The number of pyridine rings is 1. The van der Waals surface area contributed by atoms with Crippen molar-refractivity contribution < 1.29 is 4.79 Å². The minimum absolute atomic E-state index is 0.0957. The third-order valence-corrected chi connectivity index (χ3v) is 10.1. The summed E-state index contributed by atoms with van der Waals surface area (Å²) in [4.78, 5) is 43.5. The number of aryl methyl sites for hydroxylation is 2. The van der Waals surface area contributed by atoms with E-state index in [1.807, 2.05) is 36.9 Å². The van der Waals surface area contributed by atoms with Gasteiger partial charge >= 0.3 is 0 Å². The molecule has 1 atom stereocenters. The molecule has 0 aliphatic carbocycles. The smallest absolute Gasteiger partial charge is 0.260 e. The maximum Gasteiger partial charge on any atom is 0.260 e. The van der Waals surface area contributed by atoms with Crippen LogP contribution in [0.2, 0.25) is 5.02 Å². The van der Waals surface area contributed by atoms with E-state index in [0.29, 0.717) is 53.3 Å². The minimum Gasteiger partial charge on any atom is -0.371 e. The SMILES string of the molecule is CCC(=O)N1CCCC(n2c(=O)c(-c3ccccc3Cl)c(C)c3cnc(Nc4ccc(N5CCC(N(C)C)CC5)c(C)c4)nc32)C1. The Morgan fingerprint density at radius 2 is 1.83 bits per heavy atom. The molecule has 0 spiro atoms. The molecule has 0 bridgehead atoms. The van der Waals surface area contributed by atoms with E-state index in [4.69, 9.17) is 21.6 Å². The van der Waals surface area contributed by atoms with Crippen LogP contribution in [-0.2, 0) is 4.79 Å². The van der Waals surface area contributed by atoms with Gasteiger partial charge in [-0.3, -0.25) is 14.2 Å². The fourth-order valence-electron chi connectivity index (χ4n) is 7.17. The number of aromatic nitrogens is 3. The largest absolute Gasteiger partial charge is 0.371 e. The summed E-state index contributed by atoms with van der Waals surface area (Å²) in [6.45, 7) is 9.19. The van der Waals surface area contributed by atoms with Gasteiger partial charge in [0.15, 0.2) is 0 Å². The number of nitrogens with zero attached hydrogens (tertiary/aromatic N) is 6. The van der Waals surface area contributed by atoms with E-state index in [2.05, 4.69) is 54.3 Å². The number of carbonyl (C=O) groups is 1. The third-order valence-electron chi connectivity index (χ3n) is 9.76. The average Bonchev–Trinajstić information content (AvgIpc) is 3.05. The molecule has 2 saturated heterocycles. The van der Waals surface area contributed by atoms with Gasteiger partial charge in [-0.15, -0.1) is 0 Å². The number of hydrogen-bond donors (Lipinski definition) is 1. The topological polar surface area (TPSA) is 86.6 Å². The van der Waals surface area contributed by atoms with Gasteiger partial charge in [0.25, 0.3) is 5.56 Å². The Morgan fingerprint density at radius 1 is 1.07 bits per heavy atom. The summed E-state index contributed by atoms with van der Waals surface area (Å²) in [5.41, 5.74) is 5.74. The lowest BCUT2D eigenvalue weighted by atomic mass is 9.98. The fraction of sp³-hybridized carbons (Fsp3) is 0.444. The van der Waals surface area contributed by atoms with Crippen LogP contribution in [0.15, 0.2) is 53.5 Å². The molecule has 1 amide bonds. The molecule has 46 heavy (non-hydrogen) atoms. The predicted molar refractivity (Wildman–Crippen MR) is 188 cm³/mol. The van der Waals surface area contributed by atoms with Crippen molar-refractivity contribution in [3.8, 4) is 11.1 Å². The van der Waals surface area contributed by atoms with Crippen molar-refractivity contribution in [2.45, 2.75) is 65.0 Å². The molecule has 1 unspecified atom stereocenters. The molecule has 242 valence electrons. The van der Waals surface area contributed by atoms with Gasteiger partial charge in [0.05, 0.1) is 11.6 Å². The van der Waals surface area contributed by atoms with Crippen molar-refractivity contribution in [2.75, 3.05) is 50.5 Å². The first kappa shape index (κ1) is 32.0. The van der Waals surface area contributed by atoms with Crippen LogP contribution in [0.25, 0.3) is 22.2 Å². The normalized spacial score (nSPS) is 17.6. The first-order valence-corrected chi connectivity index (χ1v) is 16.8. The number of hydrogen-bond acceptors (Lipinski definition) is 7. The second-order valence-corrected chi connectivity index (χ2v) is 13.3. The number of benzene rings is 2. The molecule has 4 aromatic rings. The van der Waals surface area contributed by atoms with Crippen molar-refractivity contribution in [3.63, 3.8) is 0 Å². The molecule has 2 fully saturated rings. The zero-order valence-corrected chi connectivity index (χ0v) is 28.3. The van der Waals surface area contributed by atoms with Crippen molar-refractivity contribution in [2.24, 2.45) is 0 Å². The Morgan fingerprint density at radius 3 is 2.52 bits per heavy atom. The first-order valence-electron chi connectivity index (χ1n) is 16.4. The van der Waals surface area contributed by atoms with Crippen molar-refractivity contribution in [1.82, 2.24) is 24.3 Å². The lowest BCUT2D eigenvalue weighted by Crippen LogP contribution is -2.43. The summed E-state index contributed by atoms with van der Waals surface area (Å²) >= 11 is 6.64. The van der Waals surface area contributed by atoms with Crippen LogP contribution < -0.4 is 15.8 Å². The summed E-state index contributed by atoms with van der Waals surface area (Å²) in [6.07, 6.45) is 6.12. The van der Waals surface area contributed by atoms with E-state index in [1.54, 1.807) is 16.8 Å². The number of nitrogens with one attached hydrogen (secondary N) is 1. The van der Waals surface area contributed by atoms with Crippen LogP contribution in [0.4, 0.5) is 17.3 Å². The number of fused-ring (bicyclic) bond motifs is 1. The van der Waals surface area contributed by atoms with E-state index >= 15 is 0 Å². The molecular weight excluding hydrogens is 598 g/mol. The van der Waals surface area contributed by atoms with Crippen molar-refractivity contribution >= 4 is 45.9 Å².